The molecule has 0 aromatic rings. The summed E-state index contributed by atoms with van der Waals surface area (Å²) in [6.07, 6.45) is 6.14. The van der Waals surface area contributed by atoms with Crippen LogP contribution in [-0.2, 0) is 9.53 Å². The van der Waals surface area contributed by atoms with Gasteiger partial charge in [-0.25, -0.2) is 0 Å². The summed E-state index contributed by atoms with van der Waals surface area (Å²) in [7, 11) is 1.46. The summed E-state index contributed by atoms with van der Waals surface area (Å²) >= 11 is 0. The molecule has 0 bridgehead atoms. The SMILES string of the molecule is COC(=O)C1CCC(C2CCC2)N1. The number of nitrogens with one attached hydrogen (secondary N) is 1. The van der Waals surface area contributed by atoms with Crippen LogP contribution in [0.5, 0.6) is 0 Å². The van der Waals surface area contributed by atoms with Gasteiger partial charge in [0.2, 0.25) is 0 Å². The lowest BCUT2D eigenvalue weighted by Gasteiger charge is -2.31. The first-order valence-electron chi connectivity index (χ1n) is 5.15. The molecule has 2 fully saturated rings. The van der Waals surface area contributed by atoms with E-state index in [0.29, 0.717) is 6.04 Å². The lowest BCUT2D eigenvalue weighted by molar-refractivity contribution is -0.142. The molecule has 3 nitrogen and oxygen atoms in total. The zero-order chi connectivity index (χ0) is 9.26. The van der Waals surface area contributed by atoms with Crippen molar-refractivity contribution in [3.05, 3.63) is 0 Å². The number of carbonyl (C=O) groups is 1. The highest BCUT2D eigenvalue weighted by Gasteiger charge is 2.36. The van der Waals surface area contributed by atoms with Gasteiger partial charge in [0.15, 0.2) is 0 Å². The van der Waals surface area contributed by atoms with Gasteiger partial charge in [0.1, 0.15) is 6.04 Å². The third kappa shape index (κ3) is 1.70. The molecule has 1 aliphatic heterocycles. The first-order chi connectivity index (χ1) is 6.31. The highest BCUT2D eigenvalue weighted by Crippen LogP contribution is 2.34. The van der Waals surface area contributed by atoms with E-state index in [1.165, 1.54) is 26.4 Å². The normalized spacial score (nSPS) is 34.2. The van der Waals surface area contributed by atoms with Crippen LogP contribution in [0.15, 0.2) is 0 Å². The van der Waals surface area contributed by atoms with Crippen LogP contribution in [0.25, 0.3) is 0 Å². The van der Waals surface area contributed by atoms with Crippen molar-refractivity contribution in [2.75, 3.05) is 7.11 Å². The molecule has 2 unspecified atom stereocenters. The van der Waals surface area contributed by atoms with Gasteiger partial charge in [-0.3, -0.25) is 4.79 Å². The van der Waals surface area contributed by atoms with Gasteiger partial charge in [0.25, 0.3) is 0 Å². The highest BCUT2D eigenvalue weighted by atomic mass is 16.5. The van der Waals surface area contributed by atoms with Crippen molar-refractivity contribution in [2.45, 2.75) is 44.2 Å². The van der Waals surface area contributed by atoms with Crippen LogP contribution < -0.4 is 5.32 Å². The average molecular weight is 183 g/mol. The van der Waals surface area contributed by atoms with Crippen LogP contribution in [0, 0.1) is 5.92 Å². The molecule has 1 saturated heterocycles. The van der Waals surface area contributed by atoms with E-state index in [4.69, 9.17) is 4.74 Å². The molecule has 0 spiro atoms. The van der Waals surface area contributed by atoms with Gasteiger partial charge in [-0.1, -0.05) is 6.42 Å². The topological polar surface area (TPSA) is 38.3 Å². The molecule has 3 heteroatoms. The molecule has 13 heavy (non-hydrogen) atoms. The van der Waals surface area contributed by atoms with Gasteiger partial charge in [-0.05, 0) is 31.6 Å². The van der Waals surface area contributed by atoms with Gasteiger partial charge in [-0.15, -0.1) is 0 Å². The number of hydrogen-bond donors (Lipinski definition) is 1. The summed E-state index contributed by atoms with van der Waals surface area (Å²) in [6.45, 7) is 0. The molecule has 0 amide bonds. The summed E-state index contributed by atoms with van der Waals surface area (Å²) in [5.74, 6) is 0.733. The Bertz CT molecular complexity index is 201. The minimum Gasteiger partial charge on any atom is -0.468 e. The Kier molecular flexibility index (Phi) is 2.54. The summed E-state index contributed by atoms with van der Waals surface area (Å²) < 4.78 is 4.71. The fourth-order valence-corrected chi connectivity index (χ4v) is 2.31. The number of ether oxygens (including phenoxy) is 1. The van der Waals surface area contributed by atoms with Gasteiger partial charge in [0, 0.05) is 6.04 Å². The van der Waals surface area contributed by atoms with E-state index >= 15 is 0 Å². The van der Waals surface area contributed by atoms with E-state index in [1.54, 1.807) is 0 Å². The standard InChI is InChI=1S/C10H17NO2/c1-13-10(12)9-6-5-8(11-9)7-3-2-4-7/h7-9,11H,2-6H2,1H3. The lowest BCUT2D eigenvalue weighted by Crippen LogP contribution is -2.41. The smallest absolute Gasteiger partial charge is 0.322 e. The van der Waals surface area contributed by atoms with E-state index in [1.807, 2.05) is 0 Å². The summed E-state index contributed by atoms with van der Waals surface area (Å²) in [6, 6.07) is 0.549. The maximum Gasteiger partial charge on any atom is 0.322 e. The Balaban J connectivity index is 1.82. The fourth-order valence-electron chi connectivity index (χ4n) is 2.31. The van der Waals surface area contributed by atoms with Crippen molar-refractivity contribution in [1.29, 1.82) is 0 Å². The summed E-state index contributed by atoms with van der Waals surface area (Å²) in [5, 5.41) is 3.37. The van der Waals surface area contributed by atoms with Crippen LogP contribution in [0.3, 0.4) is 0 Å². The van der Waals surface area contributed by atoms with Crippen LogP contribution in [0.4, 0.5) is 0 Å². The van der Waals surface area contributed by atoms with Gasteiger partial charge in [-0.2, -0.15) is 0 Å². The minimum atomic E-state index is -0.0955. The van der Waals surface area contributed by atoms with Crippen LogP contribution in [-0.4, -0.2) is 25.2 Å². The molecule has 2 rings (SSSR count). The van der Waals surface area contributed by atoms with E-state index in [-0.39, 0.29) is 12.0 Å². The molecule has 1 saturated carbocycles. The molecule has 74 valence electrons. The Morgan fingerprint density at radius 3 is 2.62 bits per heavy atom. The zero-order valence-corrected chi connectivity index (χ0v) is 8.08. The molecule has 2 aliphatic rings. The maximum absolute atomic E-state index is 11.2. The predicted molar refractivity (Wildman–Crippen MR) is 49.3 cm³/mol. The highest BCUT2D eigenvalue weighted by molar-refractivity contribution is 5.76. The monoisotopic (exact) mass is 183 g/mol. The molecule has 2 atom stereocenters. The summed E-state index contributed by atoms with van der Waals surface area (Å²) in [5.41, 5.74) is 0. The second-order valence-corrected chi connectivity index (χ2v) is 4.12. The van der Waals surface area contributed by atoms with Crippen molar-refractivity contribution < 1.29 is 9.53 Å². The van der Waals surface area contributed by atoms with Crippen molar-refractivity contribution in [3.63, 3.8) is 0 Å². The van der Waals surface area contributed by atoms with Gasteiger partial charge in [0.05, 0.1) is 7.11 Å². The van der Waals surface area contributed by atoms with Gasteiger partial charge >= 0.3 is 5.97 Å². The Morgan fingerprint density at radius 1 is 1.31 bits per heavy atom. The molecule has 0 radical (unpaired) electrons. The molecular weight excluding hydrogens is 166 g/mol. The maximum atomic E-state index is 11.2. The predicted octanol–water partition coefficient (Wildman–Crippen LogP) is 1.08. The van der Waals surface area contributed by atoms with Crippen LogP contribution in [0.2, 0.25) is 0 Å². The van der Waals surface area contributed by atoms with Crippen LogP contribution >= 0.6 is 0 Å². The largest absolute Gasteiger partial charge is 0.468 e. The number of carbonyl (C=O) groups excluding carboxylic acids is 1. The number of methoxy groups -OCH3 is 1. The summed E-state index contributed by atoms with van der Waals surface area (Å²) in [4.78, 5) is 11.2. The molecule has 0 aromatic carbocycles. The second kappa shape index (κ2) is 3.66. The van der Waals surface area contributed by atoms with Crippen molar-refractivity contribution in [1.82, 2.24) is 5.32 Å². The van der Waals surface area contributed by atoms with E-state index < -0.39 is 0 Å². The molecular formula is C10H17NO2. The number of rotatable bonds is 2. The first kappa shape index (κ1) is 9.00. The van der Waals surface area contributed by atoms with Crippen molar-refractivity contribution >= 4 is 5.97 Å². The average Bonchev–Trinajstić information content (AvgIpc) is 2.49. The van der Waals surface area contributed by atoms with Gasteiger partial charge < -0.3 is 10.1 Å². The Morgan fingerprint density at radius 2 is 2.08 bits per heavy atom. The molecule has 1 aliphatic carbocycles. The third-order valence-electron chi connectivity index (χ3n) is 3.39. The molecule has 1 N–H and O–H groups in total. The van der Waals surface area contributed by atoms with E-state index in [9.17, 15) is 4.79 Å². The molecule has 0 aromatic heterocycles. The van der Waals surface area contributed by atoms with Crippen molar-refractivity contribution in [3.8, 4) is 0 Å². The van der Waals surface area contributed by atoms with Crippen molar-refractivity contribution in [2.24, 2.45) is 5.92 Å². The number of esters is 1. The Labute approximate surface area is 78.8 Å². The van der Waals surface area contributed by atoms with Crippen LogP contribution in [0.1, 0.15) is 32.1 Å². The van der Waals surface area contributed by atoms with E-state index in [2.05, 4.69) is 5.32 Å². The third-order valence-corrected chi connectivity index (χ3v) is 3.39. The Hall–Kier alpha value is -0.570. The zero-order valence-electron chi connectivity index (χ0n) is 8.08. The minimum absolute atomic E-state index is 0.0319. The fraction of sp³-hybridized carbons (Fsp3) is 0.900. The second-order valence-electron chi connectivity index (χ2n) is 4.12. The molecule has 1 heterocycles. The first-order valence-corrected chi connectivity index (χ1v) is 5.15. The lowest BCUT2D eigenvalue weighted by atomic mass is 9.79. The number of hydrogen-bond acceptors (Lipinski definition) is 3. The van der Waals surface area contributed by atoms with E-state index in [0.717, 1.165) is 18.8 Å². The quantitative estimate of drug-likeness (QED) is 0.651.